The van der Waals surface area contributed by atoms with Gasteiger partial charge in [0.25, 0.3) is 0 Å². The quantitative estimate of drug-likeness (QED) is 0.590. The summed E-state index contributed by atoms with van der Waals surface area (Å²) in [6.07, 6.45) is 0.153. The second kappa shape index (κ2) is 8.72. The Kier molecular flexibility index (Phi) is 6.33. The Morgan fingerprint density at radius 2 is 1.71 bits per heavy atom. The standard InChI is InChI=1S/C18H15Cl2N3O4S/c19-13-9-12(10-14(20)11-13)17-22-23-18(27-17)21-16(24)7-4-8-28(25,26)15-5-2-1-3-6-15/h1-3,5-6,9-11H,4,7-8H2,(H,21,23,24). The second-order valence-corrected chi connectivity index (χ2v) is 8.84. The third kappa shape index (κ3) is 5.31. The van der Waals surface area contributed by atoms with Crippen LogP contribution in [0.5, 0.6) is 0 Å². The molecule has 0 aliphatic heterocycles. The van der Waals surface area contributed by atoms with Gasteiger partial charge in [0.2, 0.25) is 11.8 Å². The zero-order chi connectivity index (χ0) is 20.1. The molecule has 3 aromatic rings. The van der Waals surface area contributed by atoms with Crippen molar-refractivity contribution in [2.75, 3.05) is 11.1 Å². The van der Waals surface area contributed by atoms with E-state index in [0.717, 1.165) is 0 Å². The predicted octanol–water partition coefficient (Wildman–Crippen LogP) is 4.24. The summed E-state index contributed by atoms with van der Waals surface area (Å²) in [7, 11) is -3.43. The summed E-state index contributed by atoms with van der Waals surface area (Å²) in [6, 6.07) is 12.8. The first kappa shape index (κ1) is 20.3. The Morgan fingerprint density at radius 3 is 2.39 bits per heavy atom. The zero-order valence-corrected chi connectivity index (χ0v) is 16.8. The van der Waals surface area contributed by atoms with Crippen molar-refractivity contribution >= 4 is 45.0 Å². The van der Waals surface area contributed by atoms with E-state index in [1.807, 2.05) is 0 Å². The van der Waals surface area contributed by atoms with Gasteiger partial charge in [-0.2, -0.15) is 0 Å². The molecule has 1 aromatic heterocycles. The molecule has 0 aliphatic rings. The van der Waals surface area contributed by atoms with Gasteiger partial charge in [-0.15, -0.1) is 5.10 Å². The molecule has 0 saturated heterocycles. The number of hydrogen-bond acceptors (Lipinski definition) is 6. The molecular weight excluding hydrogens is 425 g/mol. The maximum Gasteiger partial charge on any atom is 0.322 e. The number of nitrogens with one attached hydrogen (secondary N) is 1. The highest BCUT2D eigenvalue weighted by Crippen LogP contribution is 2.27. The van der Waals surface area contributed by atoms with Gasteiger partial charge < -0.3 is 4.42 Å². The summed E-state index contributed by atoms with van der Waals surface area (Å²) < 4.78 is 29.8. The summed E-state index contributed by atoms with van der Waals surface area (Å²) in [6.45, 7) is 0. The highest BCUT2D eigenvalue weighted by Gasteiger charge is 2.16. The Morgan fingerprint density at radius 1 is 1.04 bits per heavy atom. The molecule has 0 saturated carbocycles. The van der Waals surface area contributed by atoms with E-state index >= 15 is 0 Å². The largest absolute Gasteiger partial charge is 0.403 e. The molecule has 0 aliphatic carbocycles. The Labute approximate surface area is 171 Å². The van der Waals surface area contributed by atoms with Gasteiger partial charge in [0.1, 0.15) is 0 Å². The lowest BCUT2D eigenvalue weighted by molar-refractivity contribution is -0.116. The molecule has 0 atom stereocenters. The van der Waals surface area contributed by atoms with Crippen molar-refractivity contribution in [3.8, 4) is 11.5 Å². The van der Waals surface area contributed by atoms with E-state index in [1.165, 1.54) is 12.1 Å². The first-order chi connectivity index (χ1) is 13.3. The number of hydrogen-bond donors (Lipinski definition) is 1. The number of halogens is 2. The fraction of sp³-hybridized carbons (Fsp3) is 0.167. The SMILES string of the molecule is O=C(CCCS(=O)(=O)c1ccccc1)Nc1nnc(-c2cc(Cl)cc(Cl)c2)o1. The van der Waals surface area contributed by atoms with Crippen molar-refractivity contribution in [1.82, 2.24) is 10.2 Å². The lowest BCUT2D eigenvalue weighted by Gasteiger charge is -2.04. The molecule has 0 spiro atoms. The summed E-state index contributed by atoms with van der Waals surface area (Å²) in [5, 5.41) is 10.8. The zero-order valence-electron chi connectivity index (χ0n) is 14.4. The average molecular weight is 440 g/mol. The Balaban J connectivity index is 1.55. The third-order valence-corrected chi connectivity index (χ3v) is 5.95. The minimum Gasteiger partial charge on any atom is -0.403 e. The molecule has 28 heavy (non-hydrogen) atoms. The molecule has 0 bridgehead atoms. The normalized spacial score (nSPS) is 11.4. The van der Waals surface area contributed by atoms with E-state index in [1.54, 1.807) is 36.4 Å². The molecule has 1 heterocycles. The number of anilines is 1. The van der Waals surface area contributed by atoms with Crippen molar-refractivity contribution in [3.05, 3.63) is 58.6 Å². The van der Waals surface area contributed by atoms with Crippen LogP contribution in [0.3, 0.4) is 0 Å². The van der Waals surface area contributed by atoms with Crippen LogP contribution >= 0.6 is 23.2 Å². The maximum atomic E-state index is 12.2. The summed E-state index contributed by atoms with van der Waals surface area (Å²) >= 11 is 11.9. The van der Waals surface area contributed by atoms with Crippen molar-refractivity contribution < 1.29 is 17.6 Å². The number of aromatic nitrogens is 2. The molecule has 0 radical (unpaired) electrons. The number of benzene rings is 2. The molecule has 1 N–H and O–H groups in total. The van der Waals surface area contributed by atoms with Crippen LogP contribution in [0.4, 0.5) is 6.01 Å². The Hall–Kier alpha value is -2.42. The molecular formula is C18H15Cl2N3O4S. The number of carbonyl (C=O) groups excluding carboxylic acids is 1. The van der Waals surface area contributed by atoms with E-state index in [2.05, 4.69) is 15.5 Å². The number of carbonyl (C=O) groups is 1. The fourth-order valence-corrected chi connectivity index (χ4v) is 4.28. The van der Waals surface area contributed by atoms with Crippen LogP contribution in [0, 0.1) is 0 Å². The molecule has 2 aromatic carbocycles. The van der Waals surface area contributed by atoms with E-state index in [0.29, 0.717) is 15.6 Å². The first-order valence-electron chi connectivity index (χ1n) is 8.21. The van der Waals surface area contributed by atoms with Crippen molar-refractivity contribution in [3.63, 3.8) is 0 Å². The van der Waals surface area contributed by atoms with Gasteiger partial charge >= 0.3 is 6.01 Å². The van der Waals surface area contributed by atoms with E-state index in [-0.39, 0.29) is 35.4 Å². The van der Waals surface area contributed by atoms with Gasteiger partial charge in [-0.1, -0.05) is 46.5 Å². The highest BCUT2D eigenvalue weighted by molar-refractivity contribution is 7.91. The second-order valence-electron chi connectivity index (χ2n) is 5.85. The fourth-order valence-electron chi connectivity index (χ4n) is 2.42. The average Bonchev–Trinajstić information content (AvgIpc) is 3.10. The van der Waals surface area contributed by atoms with Crippen LogP contribution in [-0.4, -0.2) is 30.3 Å². The smallest absolute Gasteiger partial charge is 0.322 e. The monoisotopic (exact) mass is 439 g/mol. The third-order valence-electron chi connectivity index (χ3n) is 3.70. The van der Waals surface area contributed by atoms with E-state index in [4.69, 9.17) is 27.6 Å². The van der Waals surface area contributed by atoms with Crippen molar-refractivity contribution in [2.45, 2.75) is 17.7 Å². The lowest BCUT2D eigenvalue weighted by Crippen LogP contribution is -2.14. The molecule has 146 valence electrons. The van der Waals surface area contributed by atoms with E-state index < -0.39 is 15.7 Å². The lowest BCUT2D eigenvalue weighted by atomic mass is 10.2. The van der Waals surface area contributed by atoms with Gasteiger partial charge in [0.05, 0.1) is 10.6 Å². The highest BCUT2D eigenvalue weighted by atomic mass is 35.5. The molecule has 1 amide bonds. The predicted molar refractivity (Wildman–Crippen MR) is 106 cm³/mol. The van der Waals surface area contributed by atoms with Crippen LogP contribution in [0.25, 0.3) is 11.5 Å². The van der Waals surface area contributed by atoms with Gasteiger partial charge in [0.15, 0.2) is 9.84 Å². The van der Waals surface area contributed by atoms with Gasteiger partial charge in [0, 0.05) is 22.0 Å². The van der Waals surface area contributed by atoms with Gasteiger partial charge in [-0.05, 0) is 36.8 Å². The number of amides is 1. The van der Waals surface area contributed by atoms with Gasteiger partial charge in [-0.25, -0.2) is 8.42 Å². The van der Waals surface area contributed by atoms with Crippen LogP contribution in [0.1, 0.15) is 12.8 Å². The van der Waals surface area contributed by atoms with Gasteiger partial charge in [-0.3, -0.25) is 10.1 Å². The minimum absolute atomic E-state index is 0.00717. The number of nitrogens with zero attached hydrogens (tertiary/aromatic N) is 2. The van der Waals surface area contributed by atoms with Crippen molar-refractivity contribution in [1.29, 1.82) is 0 Å². The Bertz CT molecular complexity index is 1060. The first-order valence-corrected chi connectivity index (χ1v) is 10.6. The molecule has 3 rings (SSSR count). The van der Waals surface area contributed by atoms with Crippen LogP contribution < -0.4 is 5.32 Å². The van der Waals surface area contributed by atoms with Crippen molar-refractivity contribution in [2.24, 2.45) is 0 Å². The molecule has 7 nitrogen and oxygen atoms in total. The van der Waals surface area contributed by atoms with Crippen LogP contribution in [0.15, 0.2) is 57.8 Å². The topological polar surface area (TPSA) is 102 Å². The molecule has 0 unspecified atom stereocenters. The molecule has 10 heteroatoms. The van der Waals surface area contributed by atoms with E-state index in [9.17, 15) is 13.2 Å². The van der Waals surface area contributed by atoms with Crippen LogP contribution in [-0.2, 0) is 14.6 Å². The summed E-state index contributed by atoms with van der Waals surface area (Å²) in [5.74, 6) is -0.422. The maximum absolute atomic E-state index is 12.2. The van der Waals surface area contributed by atoms with Crippen LogP contribution in [0.2, 0.25) is 10.0 Å². The minimum atomic E-state index is -3.43. The number of rotatable bonds is 7. The summed E-state index contributed by atoms with van der Waals surface area (Å²) in [4.78, 5) is 12.2. The molecule has 0 fully saturated rings. The summed E-state index contributed by atoms with van der Waals surface area (Å²) in [5.41, 5.74) is 0.513. The number of sulfone groups is 1.